The number of hydrogen-bond acceptors (Lipinski definition) is 3. The Morgan fingerprint density at radius 2 is 1.60 bits per heavy atom. The van der Waals surface area contributed by atoms with Gasteiger partial charge in [-0.05, 0) is 11.5 Å². The van der Waals surface area contributed by atoms with Crippen LogP contribution in [0.2, 0.25) is 0 Å². The van der Waals surface area contributed by atoms with E-state index in [4.69, 9.17) is 18.3 Å². The highest BCUT2D eigenvalue weighted by Crippen LogP contribution is 2.11. The number of hydrogen-bond donors (Lipinski definition) is 2. The van der Waals surface area contributed by atoms with Crippen molar-refractivity contribution in [3.05, 3.63) is 35.9 Å². The minimum Gasteiger partial charge on any atom is -0.470 e. The summed E-state index contributed by atoms with van der Waals surface area (Å²) in [6.07, 6.45) is 0. The molecule has 0 aliphatic carbocycles. The molecular formula is C10H14O4S. The fraction of sp³-hybridized carbons (Fsp3) is 0.300. The van der Waals surface area contributed by atoms with Crippen molar-refractivity contribution in [2.45, 2.75) is 19.8 Å². The molecule has 0 unspecified atom stereocenters. The van der Waals surface area contributed by atoms with Gasteiger partial charge in [0.2, 0.25) is 10.7 Å². The van der Waals surface area contributed by atoms with Gasteiger partial charge in [-0.2, -0.15) is 0 Å². The monoisotopic (exact) mass is 230 g/mol. The molecule has 84 valence electrons. The number of carbonyl (C=O) groups is 1. The minimum atomic E-state index is -3.24. The van der Waals surface area contributed by atoms with Crippen molar-refractivity contribution in [1.29, 1.82) is 0 Å². The zero-order chi connectivity index (χ0) is 11.8. The highest BCUT2D eigenvalue weighted by atomic mass is 32.2. The molecule has 0 bridgehead atoms. The summed E-state index contributed by atoms with van der Waals surface area (Å²) < 4.78 is 18.3. The summed E-state index contributed by atoms with van der Waals surface area (Å²) in [5.41, 5.74) is 1.41. The van der Waals surface area contributed by atoms with Crippen molar-refractivity contribution in [2.75, 3.05) is 0 Å². The maximum absolute atomic E-state index is 9.14. The van der Waals surface area contributed by atoms with Crippen molar-refractivity contribution in [3.8, 4) is 0 Å². The van der Waals surface area contributed by atoms with Gasteiger partial charge < -0.3 is 5.11 Å². The van der Waals surface area contributed by atoms with Gasteiger partial charge in [0, 0.05) is 0 Å². The zero-order valence-corrected chi connectivity index (χ0v) is 9.48. The molecule has 0 atom stereocenters. The number of rotatable bonds is 1. The Hall–Kier alpha value is -1.36. The Labute approximate surface area is 90.5 Å². The van der Waals surface area contributed by atoms with Crippen LogP contribution in [0.25, 0.3) is 0 Å². The van der Waals surface area contributed by atoms with E-state index in [2.05, 4.69) is 38.1 Å². The van der Waals surface area contributed by atoms with E-state index in [0.29, 0.717) is 5.92 Å². The van der Waals surface area contributed by atoms with Crippen LogP contribution < -0.4 is 0 Å². The summed E-state index contributed by atoms with van der Waals surface area (Å²) in [6, 6.07) is 10.5. The second kappa shape index (κ2) is 7.00. The largest absolute Gasteiger partial charge is 0.470 e. The average Bonchev–Trinajstić information content (AvgIpc) is 2.20. The molecule has 0 aliphatic heterocycles. The Balaban J connectivity index is 0.000000288. The molecule has 0 saturated heterocycles. The van der Waals surface area contributed by atoms with Crippen LogP contribution >= 0.6 is 0 Å². The lowest BCUT2D eigenvalue weighted by Crippen LogP contribution is -1.90. The standard InChI is InChI=1S/C9H12.CH2O4S/c1-8(2)9-6-4-3-5-7-9;2-1(3)6(4)5/h3-8H,1-2H3;6H,(H,2,3). The molecule has 0 radical (unpaired) electrons. The molecule has 0 amide bonds. The van der Waals surface area contributed by atoms with E-state index in [0.717, 1.165) is 0 Å². The van der Waals surface area contributed by atoms with Gasteiger partial charge in [-0.3, -0.25) is 0 Å². The lowest BCUT2D eigenvalue weighted by molar-refractivity contribution is 0.220. The van der Waals surface area contributed by atoms with Gasteiger partial charge in [0.15, 0.2) is 0 Å². The van der Waals surface area contributed by atoms with Crippen molar-refractivity contribution >= 4 is 16.0 Å². The quantitative estimate of drug-likeness (QED) is 0.725. The predicted octanol–water partition coefficient (Wildman–Crippen LogP) is 2.09. The first-order valence-corrected chi connectivity index (χ1v) is 5.55. The Morgan fingerprint density at radius 3 is 1.80 bits per heavy atom. The lowest BCUT2D eigenvalue weighted by Gasteiger charge is -2.01. The molecule has 0 fully saturated rings. The van der Waals surface area contributed by atoms with E-state index >= 15 is 0 Å². The van der Waals surface area contributed by atoms with Crippen LogP contribution in [0, 0.1) is 0 Å². The van der Waals surface area contributed by atoms with Gasteiger partial charge in [-0.25, -0.2) is 13.2 Å². The van der Waals surface area contributed by atoms with E-state index in [9.17, 15) is 0 Å². The summed E-state index contributed by atoms with van der Waals surface area (Å²) in [5, 5.41) is 5.61. The third-order valence-electron chi connectivity index (χ3n) is 1.62. The van der Waals surface area contributed by atoms with Gasteiger partial charge in [0.1, 0.15) is 0 Å². The fourth-order valence-electron chi connectivity index (χ4n) is 0.838. The first-order chi connectivity index (χ1) is 6.95. The predicted molar refractivity (Wildman–Crippen MR) is 58.9 cm³/mol. The molecule has 0 spiro atoms. The molecule has 5 heteroatoms. The first kappa shape index (κ1) is 13.6. The van der Waals surface area contributed by atoms with Gasteiger partial charge >= 0.3 is 5.30 Å². The SMILES string of the molecule is CC(C)c1ccccc1.O=C(O)[SH](=O)=O. The summed E-state index contributed by atoms with van der Waals surface area (Å²) in [5.74, 6) is 0.659. The van der Waals surface area contributed by atoms with Crippen LogP contribution in [0.15, 0.2) is 30.3 Å². The van der Waals surface area contributed by atoms with Crippen molar-refractivity contribution in [1.82, 2.24) is 0 Å². The second-order valence-electron chi connectivity index (χ2n) is 3.11. The molecule has 0 aliphatic rings. The molecule has 1 rings (SSSR count). The van der Waals surface area contributed by atoms with Crippen LogP contribution in [-0.4, -0.2) is 18.8 Å². The molecule has 0 aromatic heterocycles. The zero-order valence-electron chi connectivity index (χ0n) is 8.58. The van der Waals surface area contributed by atoms with Crippen molar-refractivity contribution in [2.24, 2.45) is 0 Å². The van der Waals surface area contributed by atoms with Crippen LogP contribution in [0.4, 0.5) is 4.79 Å². The van der Waals surface area contributed by atoms with E-state index in [1.807, 2.05) is 6.07 Å². The Morgan fingerprint density at radius 1 is 1.20 bits per heavy atom. The van der Waals surface area contributed by atoms with Crippen molar-refractivity contribution in [3.63, 3.8) is 0 Å². The highest BCUT2D eigenvalue weighted by molar-refractivity contribution is 7.88. The third kappa shape index (κ3) is 6.68. The molecule has 0 heterocycles. The third-order valence-corrected chi connectivity index (χ3v) is 1.93. The second-order valence-corrected chi connectivity index (χ2v) is 4.00. The van der Waals surface area contributed by atoms with Gasteiger partial charge in [0.25, 0.3) is 0 Å². The van der Waals surface area contributed by atoms with Gasteiger partial charge in [-0.1, -0.05) is 44.2 Å². The first-order valence-electron chi connectivity index (χ1n) is 4.37. The summed E-state index contributed by atoms with van der Waals surface area (Å²) in [6.45, 7) is 4.41. The summed E-state index contributed by atoms with van der Waals surface area (Å²) >= 11 is 0. The van der Waals surface area contributed by atoms with E-state index in [1.165, 1.54) is 5.56 Å². The van der Waals surface area contributed by atoms with Gasteiger partial charge in [-0.15, -0.1) is 0 Å². The van der Waals surface area contributed by atoms with Crippen LogP contribution in [0.1, 0.15) is 25.3 Å². The minimum absolute atomic E-state index is 0.659. The maximum atomic E-state index is 9.14. The van der Waals surface area contributed by atoms with E-state index in [-0.39, 0.29) is 0 Å². The fourth-order valence-corrected chi connectivity index (χ4v) is 0.838. The number of benzene rings is 1. The van der Waals surface area contributed by atoms with Crippen molar-refractivity contribution < 1.29 is 18.3 Å². The Kier molecular flexibility index (Phi) is 6.37. The molecule has 0 saturated carbocycles. The topological polar surface area (TPSA) is 71.4 Å². The maximum Gasteiger partial charge on any atom is 0.419 e. The smallest absolute Gasteiger partial charge is 0.419 e. The average molecular weight is 230 g/mol. The summed E-state index contributed by atoms with van der Waals surface area (Å²) in [7, 11) is -3.24. The van der Waals surface area contributed by atoms with E-state index < -0.39 is 16.0 Å². The molecule has 1 aromatic rings. The van der Waals surface area contributed by atoms with Crippen LogP contribution in [0.5, 0.6) is 0 Å². The molecule has 1 aromatic carbocycles. The molecule has 15 heavy (non-hydrogen) atoms. The normalized spacial score (nSPS) is 9.60. The highest BCUT2D eigenvalue weighted by Gasteiger charge is 1.93. The number of thiol groups is 1. The van der Waals surface area contributed by atoms with Gasteiger partial charge in [0.05, 0.1) is 0 Å². The Bertz CT molecular complexity index is 360. The molecular weight excluding hydrogens is 216 g/mol. The van der Waals surface area contributed by atoms with E-state index in [1.54, 1.807) is 0 Å². The van der Waals surface area contributed by atoms with Crippen LogP contribution in [-0.2, 0) is 10.7 Å². The summed E-state index contributed by atoms with van der Waals surface area (Å²) in [4.78, 5) is 9.10. The lowest BCUT2D eigenvalue weighted by atomic mass is 10.0. The van der Waals surface area contributed by atoms with Crippen LogP contribution in [0.3, 0.4) is 0 Å². The number of carboxylic acid groups (broad SMARTS) is 1. The molecule has 4 nitrogen and oxygen atoms in total. The molecule has 1 N–H and O–H groups in total.